The van der Waals surface area contributed by atoms with Crippen molar-refractivity contribution in [1.29, 1.82) is 0 Å². The number of hydrogen-bond donors (Lipinski definition) is 0. The minimum absolute atomic E-state index is 0.120. The third kappa shape index (κ3) is 6.55. The number of rotatable bonds is 8. The second-order valence-corrected chi connectivity index (χ2v) is 10.4. The van der Waals surface area contributed by atoms with Gasteiger partial charge in [0, 0.05) is 5.56 Å². The highest BCUT2D eigenvalue weighted by atomic mass is 19.4. The van der Waals surface area contributed by atoms with Crippen molar-refractivity contribution in [1.82, 2.24) is 0 Å². The van der Waals surface area contributed by atoms with Gasteiger partial charge in [0.15, 0.2) is 6.61 Å². The minimum atomic E-state index is -4.38. The normalized spacial score (nSPS) is 25.1. The number of unbranched alkanes of at least 4 members (excludes halogenated alkanes) is 2. The molecule has 5 heteroatoms. The first kappa shape index (κ1) is 25.1. The molecule has 0 bridgehead atoms. The van der Waals surface area contributed by atoms with E-state index >= 15 is 4.39 Å². The standard InChI is InChI=1S/C29H36F4O/c1-2-3-4-5-20-6-7-23-17-24(9-8-22(23)16-20)25-12-15-27(28(30)18-25)21-10-13-26(14-11-21)34-19-29(31,32)33/h10-15,18,20,22-24H,2-9,16-17,19H2,1H3/t20?,22-,23-,24-/m1/s1. The van der Waals surface area contributed by atoms with E-state index in [-0.39, 0.29) is 11.6 Å². The van der Waals surface area contributed by atoms with Crippen LogP contribution in [0.4, 0.5) is 17.6 Å². The molecule has 0 aliphatic heterocycles. The largest absolute Gasteiger partial charge is 0.484 e. The first-order chi connectivity index (χ1) is 16.3. The van der Waals surface area contributed by atoms with Crippen LogP contribution >= 0.6 is 0 Å². The quantitative estimate of drug-likeness (QED) is 0.272. The number of hydrogen-bond acceptors (Lipinski definition) is 1. The summed E-state index contributed by atoms with van der Waals surface area (Å²) >= 11 is 0. The Morgan fingerprint density at radius 1 is 0.882 bits per heavy atom. The Morgan fingerprint density at radius 2 is 1.62 bits per heavy atom. The van der Waals surface area contributed by atoms with Gasteiger partial charge in [0.05, 0.1) is 0 Å². The van der Waals surface area contributed by atoms with E-state index in [0.29, 0.717) is 17.0 Å². The number of halogens is 4. The molecule has 2 saturated carbocycles. The molecule has 0 spiro atoms. The first-order valence-corrected chi connectivity index (χ1v) is 12.9. The number of alkyl halides is 3. The molecule has 2 aliphatic carbocycles. The molecule has 0 saturated heterocycles. The first-order valence-electron chi connectivity index (χ1n) is 12.9. The summed E-state index contributed by atoms with van der Waals surface area (Å²) in [5.74, 6) is 2.79. The number of benzene rings is 2. The Morgan fingerprint density at radius 3 is 2.32 bits per heavy atom. The summed E-state index contributed by atoms with van der Waals surface area (Å²) in [4.78, 5) is 0. The molecule has 1 nitrogen and oxygen atoms in total. The van der Waals surface area contributed by atoms with Crippen LogP contribution in [0.5, 0.6) is 5.75 Å². The molecular weight excluding hydrogens is 440 g/mol. The van der Waals surface area contributed by atoms with Crippen LogP contribution in [0.2, 0.25) is 0 Å². The molecule has 34 heavy (non-hydrogen) atoms. The average molecular weight is 477 g/mol. The molecule has 0 radical (unpaired) electrons. The second-order valence-electron chi connectivity index (χ2n) is 10.4. The molecule has 0 amide bonds. The fourth-order valence-electron chi connectivity index (χ4n) is 6.15. The number of ether oxygens (including phenoxy) is 1. The van der Waals surface area contributed by atoms with Crippen molar-refractivity contribution >= 4 is 0 Å². The predicted molar refractivity (Wildman–Crippen MR) is 128 cm³/mol. The van der Waals surface area contributed by atoms with Gasteiger partial charge in [-0.3, -0.25) is 0 Å². The molecule has 0 aromatic heterocycles. The summed E-state index contributed by atoms with van der Waals surface area (Å²) in [5.41, 5.74) is 2.18. The van der Waals surface area contributed by atoms with E-state index in [0.717, 1.165) is 36.2 Å². The second kappa shape index (κ2) is 11.1. The zero-order chi connectivity index (χ0) is 24.1. The lowest BCUT2D eigenvalue weighted by Crippen LogP contribution is -2.30. The third-order valence-corrected chi connectivity index (χ3v) is 7.97. The minimum Gasteiger partial charge on any atom is -0.484 e. The average Bonchev–Trinajstić information content (AvgIpc) is 2.82. The smallest absolute Gasteiger partial charge is 0.422 e. The summed E-state index contributed by atoms with van der Waals surface area (Å²) in [7, 11) is 0. The Labute approximate surface area is 200 Å². The highest BCUT2D eigenvalue weighted by Crippen LogP contribution is 2.48. The van der Waals surface area contributed by atoms with Crippen LogP contribution in [0.3, 0.4) is 0 Å². The molecule has 2 aromatic carbocycles. The van der Waals surface area contributed by atoms with Crippen molar-refractivity contribution in [2.75, 3.05) is 6.61 Å². The van der Waals surface area contributed by atoms with Gasteiger partial charge in [-0.25, -0.2) is 4.39 Å². The Balaban J connectivity index is 1.35. The Kier molecular flexibility index (Phi) is 8.21. The predicted octanol–water partition coefficient (Wildman–Crippen LogP) is 9.31. The SMILES string of the molecule is CCCCCC1CC[C@@H]2C[C@H](c3ccc(-c4ccc(OCC(F)(F)F)cc4)c(F)c3)CC[C@@H]2C1. The molecule has 0 heterocycles. The molecular formula is C29H36F4O. The summed E-state index contributed by atoms with van der Waals surface area (Å²) in [5, 5.41) is 0. The summed E-state index contributed by atoms with van der Waals surface area (Å²) < 4.78 is 56.8. The lowest BCUT2D eigenvalue weighted by atomic mass is 9.63. The monoisotopic (exact) mass is 476 g/mol. The van der Waals surface area contributed by atoms with E-state index in [9.17, 15) is 13.2 Å². The van der Waals surface area contributed by atoms with Crippen LogP contribution in [-0.2, 0) is 0 Å². The van der Waals surface area contributed by atoms with Gasteiger partial charge in [-0.1, -0.05) is 63.3 Å². The van der Waals surface area contributed by atoms with Crippen molar-refractivity contribution in [3.8, 4) is 16.9 Å². The molecule has 4 atom stereocenters. The third-order valence-electron chi connectivity index (χ3n) is 7.97. The van der Waals surface area contributed by atoms with Crippen LogP contribution < -0.4 is 4.74 Å². The van der Waals surface area contributed by atoms with Crippen LogP contribution in [0.25, 0.3) is 11.1 Å². The lowest BCUT2D eigenvalue weighted by molar-refractivity contribution is -0.153. The lowest BCUT2D eigenvalue weighted by Gasteiger charge is -2.42. The van der Waals surface area contributed by atoms with Crippen LogP contribution in [0.1, 0.15) is 82.6 Å². The van der Waals surface area contributed by atoms with Gasteiger partial charge >= 0.3 is 6.18 Å². The zero-order valence-corrected chi connectivity index (χ0v) is 20.0. The Bertz CT molecular complexity index is 921. The van der Waals surface area contributed by atoms with Crippen molar-refractivity contribution in [3.63, 3.8) is 0 Å². The highest BCUT2D eigenvalue weighted by Gasteiger charge is 2.36. The van der Waals surface area contributed by atoms with Crippen molar-refractivity contribution in [2.24, 2.45) is 17.8 Å². The topological polar surface area (TPSA) is 9.23 Å². The molecule has 0 N–H and O–H groups in total. The molecule has 2 aromatic rings. The van der Waals surface area contributed by atoms with E-state index < -0.39 is 12.8 Å². The van der Waals surface area contributed by atoms with Gasteiger partial charge in [0.25, 0.3) is 0 Å². The fraction of sp³-hybridized carbons (Fsp3) is 0.586. The van der Waals surface area contributed by atoms with E-state index in [2.05, 4.69) is 6.92 Å². The van der Waals surface area contributed by atoms with E-state index in [1.165, 1.54) is 63.5 Å². The van der Waals surface area contributed by atoms with Crippen LogP contribution in [-0.4, -0.2) is 12.8 Å². The maximum absolute atomic E-state index is 15.0. The van der Waals surface area contributed by atoms with Gasteiger partial charge < -0.3 is 4.74 Å². The number of fused-ring (bicyclic) bond motifs is 1. The van der Waals surface area contributed by atoms with Gasteiger partial charge in [0.1, 0.15) is 11.6 Å². The summed E-state index contributed by atoms with van der Waals surface area (Å²) in [6, 6.07) is 11.6. The molecule has 4 rings (SSSR count). The van der Waals surface area contributed by atoms with Gasteiger partial charge in [-0.05, 0) is 85.1 Å². The molecule has 2 aliphatic rings. The van der Waals surface area contributed by atoms with E-state index in [1.54, 1.807) is 18.2 Å². The van der Waals surface area contributed by atoms with Crippen LogP contribution in [0, 0.1) is 23.6 Å². The summed E-state index contributed by atoms with van der Waals surface area (Å²) in [6.07, 6.45) is 8.63. The molecule has 1 unspecified atom stereocenters. The van der Waals surface area contributed by atoms with Crippen molar-refractivity contribution in [2.45, 2.75) is 83.2 Å². The zero-order valence-electron chi connectivity index (χ0n) is 20.0. The van der Waals surface area contributed by atoms with Crippen molar-refractivity contribution < 1.29 is 22.3 Å². The van der Waals surface area contributed by atoms with Crippen molar-refractivity contribution in [3.05, 3.63) is 53.8 Å². The fourth-order valence-corrected chi connectivity index (χ4v) is 6.15. The molecule has 2 fully saturated rings. The van der Waals surface area contributed by atoms with E-state index in [1.807, 2.05) is 12.1 Å². The maximum Gasteiger partial charge on any atom is 0.422 e. The van der Waals surface area contributed by atoms with Gasteiger partial charge in [0.2, 0.25) is 0 Å². The van der Waals surface area contributed by atoms with Crippen LogP contribution in [0.15, 0.2) is 42.5 Å². The van der Waals surface area contributed by atoms with Gasteiger partial charge in [-0.15, -0.1) is 0 Å². The molecule has 186 valence electrons. The Hall–Kier alpha value is -2.04. The maximum atomic E-state index is 15.0. The van der Waals surface area contributed by atoms with E-state index in [4.69, 9.17) is 4.74 Å². The highest BCUT2D eigenvalue weighted by molar-refractivity contribution is 5.65. The summed E-state index contributed by atoms with van der Waals surface area (Å²) in [6.45, 7) is 0.930. The van der Waals surface area contributed by atoms with Gasteiger partial charge in [-0.2, -0.15) is 13.2 Å².